The van der Waals surface area contributed by atoms with Gasteiger partial charge in [0.2, 0.25) is 0 Å². The molecule has 0 radical (unpaired) electrons. The Morgan fingerprint density at radius 1 is 1.50 bits per heavy atom. The van der Waals surface area contributed by atoms with Gasteiger partial charge in [-0.05, 0) is 41.3 Å². The van der Waals surface area contributed by atoms with Gasteiger partial charge in [-0.3, -0.25) is 9.78 Å². The second kappa shape index (κ2) is 5.75. The van der Waals surface area contributed by atoms with Gasteiger partial charge < -0.3 is 10.6 Å². The van der Waals surface area contributed by atoms with Gasteiger partial charge in [0.1, 0.15) is 0 Å². The first-order valence-corrected chi connectivity index (χ1v) is 7.00. The van der Waals surface area contributed by atoms with Gasteiger partial charge in [0, 0.05) is 23.4 Å². The number of hydrogen-bond acceptors (Lipinski definition) is 3. The lowest BCUT2D eigenvalue weighted by molar-refractivity contribution is 0.0681. The van der Waals surface area contributed by atoms with Crippen LogP contribution in [0.5, 0.6) is 0 Å². The molecule has 6 heteroatoms. The van der Waals surface area contributed by atoms with Gasteiger partial charge in [0.05, 0.1) is 16.6 Å². The van der Waals surface area contributed by atoms with Gasteiger partial charge in [-0.2, -0.15) is 0 Å². The fourth-order valence-electron chi connectivity index (χ4n) is 2.17. The van der Waals surface area contributed by atoms with Gasteiger partial charge in [-0.1, -0.05) is 12.2 Å². The van der Waals surface area contributed by atoms with E-state index in [1.165, 1.54) is 0 Å². The molecule has 2 N–H and O–H groups in total. The van der Waals surface area contributed by atoms with E-state index >= 15 is 0 Å². The predicted molar refractivity (Wildman–Crippen MR) is 77.4 cm³/mol. The summed E-state index contributed by atoms with van der Waals surface area (Å²) in [6.07, 6.45) is 6.12. The van der Waals surface area contributed by atoms with E-state index in [0.717, 1.165) is 23.7 Å². The molecule has 1 amide bonds. The molecule has 4 nitrogen and oxygen atoms in total. The van der Waals surface area contributed by atoms with Crippen LogP contribution in [0.1, 0.15) is 29.6 Å². The van der Waals surface area contributed by atoms with E-state index in [2.05, 4.69) is 20.9 Å². The summed E-state index contributed by atoms with van der Waals surface area (Å²) in [4.78, 5) is 18.6. The zero-order valence-corrected chi connectivity index (χ0v) is 12.2. The number of carbonyl (C=O) groups is 1. The molecule has 1 aromatic rings. The molecule has 1 fully saturated rings. The van der Waals surface area contributed by atoms with E-state index in [1.807, 2.05) is 0 Å². The topological polar surface area (TPSA) is 59.2 Å². The summed E-state index contributed by atoms with van der Waals surface area (Å²) < 4.78 is 0.789. The van der Waals surface area contributed by atoms with Crippen molar-refractivity contribution in [2.75, 3.05) is 6.54 Å². The number of nitrogens with two attached hydrogens (primary N) is 1. The van der Waals surface area contributed by atoms with Crippen molar-refractivity contribution in [2.45, 2.75) is 25.3 Å². The van der Waals surface area contributed by atoms with Crippen molar-refractivity contribution in [3.05, 3.63) is 28.5 Å². The van der Waals surface area contributed by atoms with Crippen LogP contribution in [0.25, 0.3) is 0 Å². The number of halogens is 1. The van der Waals surface area contributed by atoms with Gasteiger partial charge in [-0.25, -0.2) is 0 Å². The van der Waals surface area contributed by atoms with Crippen molar-refractivity contribution in [2.24, 2.45) is 5.73 Å². The monoisotopic (exact) mass is 327 g/mol. The van der Waals surface area contributed by atoms with E-state index < -0.39 is 0 Å². The van der Waals surface area contributed by atoms with E-state index in [4.69, 9.17) is 18.0 Å². The number of aromatic nitrogens is 1. The molecule has 0 aliphatic carbocycles. The summed E-state index contributed by atoms with van der Waals surface area (Å²) >= 11 is 8.36. The Hall–Kier alpha value is -1.01. The molecule has 1 unspecified atom stereocenters. The molecule has 0 saturated carbocycles. The second-order valence-corrected chi connectivity index (χ2v) is 5.69. The minimum atomic E-state index is -0.125. The van der Waals surface area contributed by atoms with Crippen LogP contribution < -0.4 is 5.73 Å². The van der Waals surface area contributed by atoms with E-state index in [-0.39, 0.29) is 11.9 Å². The molecule has 1 aliphatic heterocycles. The Bertz CT molecular complexity index is 480. The van der Waals surface area contributed by atoms with Gasteiger partial charge in [0.25, 0.3) is 5.91 Å². The highest BCUT2D eigenvalue weighted by atomic mass is 79.9. The first-order valence-electron chi connectivity index (χ1n) is 5.80. The third-order valence-corrected chi connectivity index (χ3v) is 3.75. The second-order valence-electron chi connectivity index (χ2n) is 4.30. The fraction of sp³-hybridized carbons (Fsp3) is 0.417. The number of hydrogen-bond donors (Lipinski definition) is 1. The average Bonchev–Trinajstić information content (AvgIpc) is 2.38. The molecule has 1 aliphatic rings. The Labute approximate surface area is 120 Å². The van der Waals surface area contributed by atoms with Crippen LogP contribution in [-0.2, 0) is 0 Å². The SMILES string of the molecule is NC(=S)C1CCCCN1C(=O)c1cncc(Br)c1. The summed E-state index contributed by atoms with van der Waals surface area (Å²) in [5, 5.41) is 0. The first kappa shape index (κ1) is 13.4. The summed E-state index contributed by atoms with van der Waals surface area (Å²) in [5.41, 5.74) is 6.28. The van der Waals surface area contributed by atoms with Gasteiger partial charge >= 0.3 is 0 Å². The number of pyridine rings is 1. The third kappa shape index (κ3) is 2.87. The minimum Gasteiger partial charge on any atom is -0.392 e. The van der Waals surface area contributed by atoms with Crippen LogP contribution in [0.2, 0.25) is 0 Å². The highest BCUT2D eigenvalue weighted by Gasteiger charge is 2.29. The molecule has 2 rings (SSSR count). The molecular weight excluding hydrogens is 314 g/mol. The normalized spacial score (nSPS) is 19.6. The summed E-state index contributed by atoms with van der Waals surface area (Å²) in [7, 11) is 0. The highest BCUT2D eigenvalue weighted by molar-refractivity contribution is 9.10. The van der Waals surface area contributed by atoms with Crippen LogP contribution in [0, 0.1) is 0 Å². The molecular formula is C12H14BrN3OS. The zero-order chi connectivity index (χ0) is 13.1. The minimum absolute atomic E-state index is 0.0544. The molecule has 1 saturated heterocycles. The number of nitrogens with zero attached hydrogens (tertiary/aromatic N) is 2. The highest BCUT2D eigenvalue weighted by Crippen LogP contribution is 2.20. The lowest BCUT2D eigenvalue weighted by Crippen LogP contribution is -2.49. The van der Waals surface area contributed by atoms with Crippen molar-refractivity contribution in [3.8, 4) is 0 Å². The Morgan fingerprint density at radius 2 is 2.28 bits per heavy atom. The number of likely N-dealkylation sites (tertiary alicyclic amines) is 1. The van der Waals surface area contributed by atoms with Crippen LogP contribution in [0.4, 0.5) is 0 Å². The molecule has 0 bridgehead atoms. The Balaban J connectivity index is 2.23. The van der Waals surface area contributed by atoms with E-state index in [0.29, 0.717) is 17.1 Å². The summed E-state index contributed by atoms with van der Waals surface area (Å²) in [6.45, 7) is 0.702. The van der Waals surface area contributed by atoms with Crippen molar-refractivity contribution >= 4 is 39.0 Å². The number of carbonyl (C=O) groups excluding carboxylic acids is 1. The third-order valence-electron chi connectivity index (χ3n) is 3.04. The number of thiocarbonyl (C=S) groups is 1. The Morgan fingerprint density at radius 3 is 2.94 bits per heavy atom. The first-order chi connectivity index (χ1) is 8.59. The molecule has 1 aromatic heterocycles. The number of piperidine rings is 1. The van der Waals surface area contributed by atoms with Crippen molar-refractivity contribution < 1.29 is 4.79 Å². The van der Waals surface area contributed by atoms with Crippen molar-refractivity contribution in [3.63, 3.8) is 0 Å². The molecule has 1 atom stereocenters. The van der Waals surface area contributed by atoms with Crippen molar-refractivity contribution in [1.82, 2.24) is 9.88 Å². The lowest BCUT2D eigenvalue weighted by atomic mass is 10.0. The van der Waals surface area contributed by atoms with Crippen molar-refractivity contribution in [1.29, 1.82) is 0 Å². The van der Waals surface area contributed by atoms with Gasteiger partial charge in [-0.15, -0.1) is 0 Å². The molecule has 96 valence electrons. The van der Waals surface area contributed by atoms with Gasteiger partial charge in [0.15, 0.2) is 0 Å². The number of amides is 1. The zero-order valence-electron chi connectivity index (χ0n) is 9.80. The molecule has 2 heterocycles. The average molecular weight is 328 g/mol. The molecule has 0 aromatic carbocycles. The summed E-state index contributed by atoms with van der Waals surface area (Å²) in [6, 6.07) is 1.64. The maximum atomic E-state index is 12.4. The van der Waals surface area contributed by atoms with E-state index in [9.17, 15) is 4.79 Å². The number of rotatable bonds is 2. The summed E-state index contributed by atoms with van der Waals surface area (Å²) in [5.74, 6) is -0.0544. The van der Waals surface area contributed by atoms with Crippen LogP contribution in [0.15, 0.2) is 22.9 Å². The standard InChI is InChI=1S/C12H14BrN3OS/c13-9-5-8(6-15-7-9)12(17)16-4-2-1-3-10(16)11(14)18/h5-7,10H,1-4H2,(H2,14,18). The smallest absolute Gasteiger partial charge is 0.256 e. The van der Waals surface area contributed by atoms with Crippen LogP contribution in [-0.4, -0.2) is 33.4 Å². The fourth-order valence-corrected chi connectivity index (χ4v) is 2.78. The molecule has 18 heavy (non-hydrogen) atoms. The van der Waals surface area contributed by atoms with Crippen LogP contribution in [0.3, 0.4) is 0 Å². The molecule has 0 spiro atoms. The van der Waals surface area contributed by atoms with Crippen LogP contribution >= 0.6 is 28.1 Å². The maximum Gasteiger partial charge on any atom is 0.256 e. The predicted octanol–water partition coefficient (Wildman–Crippen LogP) is 2.12. The largest absolute Gasteiger partial charge is 0.392 e. The van der Waals surface area contributed by atoms with E-state index in [1.54, 1.807) is 23.4 Å². The Kier molecular flexibility index (Phi) is 4.29. The maximum absolute atomic E-state index is 12.4. The quantitative estimate of drug-likeness (QED) is 0.845. The lowest BCUT2D eigenvalue weighted by Gasteiger charge is -2.35.